The molecule has 1 heterocycles. The topological polar surface area (TPSA) is 35.0 Å². The summed E-state index contributed by atoms with van der Waals surface area (Å²) in [5.41, 5.74) is 2.14. The fourth-order valence-electron chi connectivity index (χ4n) is 1.82. The van der Waals surface area contributed by atoms with E-state index in [1.54, 1.807) is 0 Å². The van der Waals surface area contributed by atoms with Crippen molar-refractivity contribution in [2.24, 2.45) is 0 Å². The van der Waals surface area contributed by atoms with Gasteiger partial charge in [0, 0.05) is 0 Å². The van der Waals surface area contributed by atoms with Crippen molar-refractivity contribution >= 4 is 34.5 Å². The predicted octanol–water partition coefficient (Wildman–Crippen LogP) is 5.39. The summed E-state index contributed by atoms with van der Waals surface area (Å²) in [6.07, 6.45) is 0. The third kappa shape index (κ3) is 3.35. The number of benzene rings is 2. The highest BCUT2D eigenvalue weighted by molar-refractivity contribution is 7.13. The molecule has 0 aliphatic rings. The molecule has 21 heavy (non-hydrogen) atoms. The molecule has 0 N–H and O–H groups in total. The molecule has 0 aliphatic carbocycles. The molecule has 0 atom stereocenters. The van der Waals surface area contributed by atoms with Gasteiger partial charge < -0.3 is 4.74 Å². The first kappa shape index (κ1) is 14.3. The number of hydrogen-bond acceptors (Lipinski definition) is 4. The molecule has 106 valence electrons. The average Bonchev–Trinajstić information content (AvgIpc) is 2.98. The van der Waals surface area contributed by atoms with Crippen molar-refractivity contribution in [3.05, 3.63) is 58.6 Å². The molecule has 2 aromatic carbocycles. The molecule has 3 aromatic rings. The summed E-state index contributed by atoms with van der Waals surface area (Å²) >= 11 is 13.3. The molecule has 0 bridgehead atoms. The largest absolute Gasteiger partial charge is 0.428 e. The maximum atomic E-state index is 6.28. The van der Waals surface area contributed by atoms with Crippen LogP contribution in [0.5, 0.6) is 10.9 Å². The molecule has 0 spiro atoms. The van der Waals surface area contributed by atoms with Gasteiger partial charge in [-0.1, -0.05) is 64.4 Å². The molecule has 6 heteroatoms. The lowest BCUT2D eigenvalue weighted by molar-refractivity contribution is 0.473. The molecule has 0 amide bonds. The van der Waals surface area contributed by atoms with Gasteiger partial charge in [0.2, 0.25) is 0 Å². The molecule has 0 fully saturated rings. The second-order valence-electron chi connectivity index (χ2n) is 4.21. The summed E-state index contributed by atoms with van der Waals surface area (Å²) in [5.74, 6) is 0.871. The van der Waals surface area contributed by atoms with Gasteiger partial charge in [-0.25, -0.2) is 0 Å². The summed E-state index contributed by atoms with van der Waals surface area (Å²) in [6.45, 7) is 0. The maximum absolute atomic E-state index is 6.28. The zero-order chi connectivity index (χ0) is 14.7. The lowest BCUT2D eigenvalue weighted by Gasteiger charge is -2.07. The van der Waals surface area contributed by atoms with Gasteiger partial charge >= 0.3 is 0 Å². The normalized spacial score (nSPS) is 10.6. The minimum Gasteiger partial charge on any atom is -0.428 e. The Balaban J connectivity index is 1.84. The van der Waals surface area contributed by atoms with E-state index in [9.17, 15) is 0 Å². The molecule has 1 aromatic heterocycles. The molecular weight excluding hydrogens is 327 g/mol. The smallest absolute Gasteiger partial charge is 0.299 e. The minimum atomic E-state index is 0.321. The molecule has 0 unspecified atom stereocenters. The standard InChI is InChI=1S/C15H10Cl2N2OS/c16-9-14-18-19-15(21-14)20-13-7-6-11(8-12(13)17)10-4-2-1-3-5-10/h1-8H,9H2. The number of hydrogen-bond donors (Lipinski definition) is 0. The van der Waals surface area contributed by atoms with Gasteiger partial charge in [0.15, 0.2) is 0 Å². The predicted molar refractivity (Wildman–Crippen MR) is 86.4 cm³/mol. The van der Waals surface area contributed by atoms with Crippen molar-refractivity contribution < 1.29 is 4.74 Å². The number of ether oxygens (including phenoxy) is 1. The lowest BCUT2D eigenvalue weighted by atomic mass is 10.1. The SMILES string of the molecule is ClCc1nnc(Oc2ccc(-c3ccccc3)cc2Cl)s1. The van der Waals surface area contributed by atoms with Crippen molar-refractivity contribution in [2.75, 3.05) is 0 Å². The van der Waals surface area contributed by atoms with Crippen LogP contribution < -0.4 is 4.74 Å². The number of halogens is 2. The van der Waals surface area contributed by atoms with Crippen molar-refractivity contribution in [2.45, 2.75) is 5.88 Å². The van der Waals surface area contributed by atoms with Crippen LogP contribution in [0.2, 0.25) is 5.02 Å². The summed E-state index contributed by atoms with van der Waals surface area (Å²) in [6, 6.07) is 15.7. The number of aromatic nitrogens is 2. The number of alkyl halides is 1. The van der Waals surface area contributed by atoms with Crippen molar-refractivity contribution in [1.82, 2.24) is 10.2 Å². The fraction of sp³-hybridized carbons (Fsp3) is 0.0667. The van der Waals surface area contributed by atoms with Gasteiger partial charge in [-0.3, -0.25) is 0 Å². The van der Waals surface area contributed by atoms with Crippen LogP contribution in [0.4, 0.5) is 0 Å². The van der Waals surface area contributed by atoms with Crippen LogP contribution in [0.15, 0.2) is 48.5 Å². The molecule has 0 saturated carbocycles. The second-order valence-corrected chi connectivity index (χ2v) is 5.91. The van der Waals surface area contributed by atoms with Gasteiger partial charge in [-0.15, -0.1) is 16.7 Å². The summed E-state index contributed by atoms with van der Waals surface area (Å²) in [5, 5.41) is 9.47. The van der Waals surface area contributed by atoms with Gasteiger partial charge in [-0.2, -0.15) is 0 Å². The maximum Gasteiger partial charge on any atom is 0.299 e. The van der Waals surface area contributed by atoms with Crippen LogP contribution in [-0.2, 0) is 5.88 Å². The van der Waals surface area contributed by atoms with E-state index in [1.165, 1.54) is 11.3 Å². The average molecular weight is 337 g/mol. The van der Waals surface area contributed by atoms with E-state index in [0.717, 1.165) is 11.1 Å². The Hall–Kier alpha value is -1.62. The summed E-state index contributed by atoms with van der Waals surface area (Å²) in [7, 11) is 0. The minimum absolute atomic E-state index is 0.321. The summed E-state index contributed by atoms with van der Waals surface area (Å²) in [4.78, 5) is 0. The highest BCUT2D eigenvalue weighted by atomic mass is 35.5. The highest BCUT2D eigenvalue weighted by Crippen LogP contribution is 2.34. The van der Waals surface area contributed by atoms with E-state index in [2.05, 4.69) is 10.2 Å². The van der Waals surface area contributed by atoms with Gasteiger partial charge in [0.1, 0.15) is 10.8 Å². The van der Waals surface area contributed by atoms with Crippen LogP contribution in [-0.4, -0.2) is 10.2 Å². The Morgan fingerprint density at radius 1 is 1.00 bits per heavy atom. The van der Waals surface area contributed by atoms with Crippen LogP contribution in [0.3, 0.4) is 0 Å². The zero-order valence-corrected chi connectivity index (χ0v) is 13.1. The molecule has 3 nitrogen and oxygen atoms in total. The summed E-state index contributed by atoms with van der Waals surface area (Å²) < 4.78 is 5.64. The van der Waals surface area contributed by atoms with Crippen LogP contribution in [0.1, 0.15) is 5.01 Å². The Labute approximate surface area is 136 Å². The van der Waals surface area contributed by atoms with Gasteiger partial charge in [-0.05, 0) is 23.3 Å². The third-order valence-corrected chi connectivity index (χ3v) is 4.31. The van der Waals surface area contributed by atoms with E-state index in [1.807, 2.05) is 48.5 Å². The quantitative estimate of drug-likeness (QED) is 0.599. The van der Waals surface area contributed by atoms with Crippen LogP contribution in [0, 0.1) is 0 Å². The van der Waals surface area contributed by atoms with Crippen molar-refractivity contribution in [3.63, 3.8) is 0 Å². The van der Waals surface area contributed by atoms with Crippen molar-refractivity contribution in [1.29, 1.82) is 0 Å². The fourth-order valence-corrected chi connectivity index (χ4v) is 2.81. The lowest BCUT2D eigenvalue weighted by Crippen LogP contribution is -1.86. The van der Waals surface area contributed by atoms with E-state index in [-0.39, 0.29) is 0 Å². The van der Waals surface area contributed by atoms with Crippen molar-refractivity contribution in [3.8, 4) is 22.1 Å². The molecular formula is C15H10Cl2N2OS. The van der Waals surface area contributed by atoms with E-state index in [4.69, 9.17) is 27.9 Å². The third-order valence-electron chi connectivity index (χ3n) is 2.80. The number of rotatable bonds is 4. The van der Waals surface area contributed by atoms with Crippen LogP contribution in [0.25, 0.3) is 11.1 Å². The molecule has 0 aliphatic heterocycles. The Kier molecular flexibility index (Phi) is 4.39. The molecule has 0 saturated heterocycles. The highest BCUT2D eigenvalue weighted by Gasteiger charge is 2.09. The number of nitrogens with zero attached hydrogens (tertiary/aromatic N) is 2. The van der Waals surface area contributed by atoms with Crippen LogP contribution >= 0.6 is 34.5 Å². The van der Waals surface area contributed by atoms with E-state index >= 15 is 0 Å². The molecule has 3 rings (SSSR count). The first-order valence-electron chi connectivity index (χ1n) is 6.17. The monoisotopic (exact) mass is 336 g/mol. The van der Waals surface area contributed by atoms with Gasteiger partial charge in [0.05, 0.1) is 10.9 Å². The Morgan fingerprint density at radius 3 is 2.48 bits per heavy atom. The zero-order valence-electron chi connectivity index (χ0n) is 10.8. The molecule has 0 radical (unpaired) electrons. The van der Waals surface area contributed by atoms with Gasteiger partial charge in [0.25, 0.3) is 5.19 Å². The van der Waals surface area contributed by atoms with E-state index in [0.29, 0.717) is 26.9 Å². The van der Waals surface area contributed by atoms with E-state index < -0.39 is 0 Å². The Bertz CT molecular complexity index is 746. The first-order valence-corrected chi connectivity index (χ1v) is 7.90. The second kappa shape index (κ2) is 6.43. The Morgan fingerprint density at radius 2 is 1.81 bits per heavy atom. The first-order chi connectivity index (χ1) is 10.3.